The molecule has 3 heteroatoms. The maximum atomic E-state index is 6.65. The predicted octanol–water partition coefficient (Wildman–Crippen LogP) is 4.75. The van der Waals surface area contributed by atoms with Crippen LogP contribution in [0.1, 0.15) is 33.3 Å². The molecule has 0 spiro atoms. The maximum Gasteiger partial charge on any atom is 0.157 e. The van der Waals surface area contributed by atoms with E-state index in [4.69, 9.17) is 4.12 Å². The van der Waals surface area contributed by atoms with E-state index in [9.17, 15) is 0 Å². The number of benzene rings is 4. The molecule has 0 aromatic heterocycles. The molecule has 0 saturated carbocycles. The molecule has 144 valence electrons. The molecule has 4 rings (SSSR count). The van der Waals surface area contributed by atoms with Crippen molar-refractivity contribution in [3.8, 4) is 0 Å². The highest BCUT2D eigenvalue weighted by Crippen LogP contribution is 2.26. The standard InChI is InChI=1S/C26H26OSi2/c1-5-13-21(14-6-1)25(22-15-7-2-8-16-22)28-27-29-26(23-17-9-3-10-18-23)24-19-11-4-12-20-24/h1-20,25-26H,28-29H2. The summed E-state index contributed by atoms with van der Waals surface area (Å²) >= 11 is 0. The lowest BCUT2D eigenvalue weighted by atomic mass is 10.0. The predicted molar refractivity (Wildman–Crippen MR) is 128 cm³/mol. The van der Waals surface area contributed by atoms with Crippen LogP contribution in [-0.4, -0.2) is 19.5 Å². The van der Waals surface area contributed by atoms with Crippen molar-refractivity contribution in [3.05, 3.63) is 144 Å². The van der Waals surface area contributed by atoms with Crippen molar-refractivity contribution in [2.24, 2.45) is 0 Å². The molecular formula is C26H26OSi2. The average Bonchev–Trinajstić information content (AvgIpc) is 2.81. The van der Waals surface area contributed by atoms with Gasteiger partial charge in [0.05, 0.1) is 0 Å². The van der Waals surface area contributed by atoms with Crippen LogP contribution in [0.4, 0.5) is 0 Å². The third-order valence-corrected chi connectivity index (χ3v) is 9.81. The monoisotopic (exact) mass is 410 g/mol. The van der Waals surface area contributed by atoms with Gasteiger partial charge in [0, 0.05) is 11.1 Å². The van der Waals surface area contributed by atoms with E-state index in [-0.39, 0.29) is 0 Å². The van der Waals surface area contributed by atoms with E-state index in [0.29, 0.717) is 11.1 Å². The first-order valence-corrected chi connectivity index (χ1v) is 13.0. The SMILES string of the molecule is c1ccc(C([SiH2]O[SiH2]C(c2ccccc2)c2ccccc2)c2ccccc2)cc1. The summed E-state index contributed by atoms with van der Waals surface area (Å²) < 4.78 is 6.65. The first kappa shape index (κ1) is 19.6. The van der Waals surface area contributed by atoms with Crippen LogP contribution in [-0.2, 0) is 4.12 Å². The molecule has 0 fully saturated rings. The Morgan fingerprint density at radius 1 is 0.379 bits per heavy atom. The van der Waals surface area contributed by atoms with E-state index >= 15 is 0 Å². The Morgan fingerprint density at radius 3 is 0.862 bits per heavy atom. The van der Waals surface area contributed by atoms with Crippen LogP contribution in [0.3, 0.4) is 0 Å². The molecule has 0 aliphatic heterocycles. The molecular weight excluding hydrogens is 384 g/mol. The van der Waals surface area contributed by atoms with Crippen molar-refractivity contribution in [3.63, 3.8) is 0 Å². The largest absolute Gasteiger partial charge is 0.464 e. The lowest BCUT2D eigenvalue weighted by Crippen LogP contribution is -2.20. The van der Waals surface area contributed by atoms with Gasteiger partial charge in [-0.2, -0.15) is 0 Å². The molecule has 0 unspecified atom stereocenters. The van der Waals surface area contributed by atoms with Gasteiger partial charge in [-0.3, -0.25) is 0 Å². The Hall–Kier alpha value is -2.73. The molecule has 1 nitrogen and oxygen atoms in total. The Kier molecular flexibility index (Phi) is 6.87. The van der Waals surface area contributed by atoms with Crippen molar-refractivity contribution >= 4 is 19.5 Å². The Morgan fingerprint density at radius 2 is 0.621 bits per heavy atom. The fourth-order valence-electron chi connectivity index (χ4n) is 3.81. The normalized spacial score (nSPS) is 11.9. The third kappa shape index (κ3) is 5.21. The quantitative estimate of drug-likeness (QED) is 0.381. The number of rotatable bonds is 8. The van der Waals surface area contributed by atoms with Crippen LogP contribution >= 0.6 is 0 Å². The minimum absolute atomic E-state index is 0.400. The summed E-state index contributed by atoms with van der Waals surface area (Å²) in [7, 11) is -1.52. The Labute approximate surface area is 178 Å². The molecule has 4 aromatic carbocycles. The molecule has 0 aliphatic carbocycles. The van der Waals surface area contributed by atoms with Gasteiger partial charge >= 0.3 is 0 Å². The van der Waals surface area contributed by atoms with Gasteiger partial charge in [0.15, 0.2) is 19.5 Å². The van der Waals surface area contributed by atoms with Crippen molar-refractivity contribution < 1.29 is 4.12 Å². The van der Waals surface area contributed by atoms with E-state index in [1.807, 2.05) is 0 Å². The summed E-state index contributed by atoms with van der Waals surface area (Å²) in [5.41, 5.74) is 6.28. The van der Waals surface area contributed by atoms with Crippen molar-refractivity contribution in [1.82, 2.24) is 0 Å². The Balaban J connectivity index is 1.53. The first-order valence-electron chi connectivity index (χ1n) is 10.2. The fraction of sp³-hybridized carbons (Fsp3) is 0.0769. The van der Waals surface area contributed by atoms with Gasteiger partial charge in [0.2, 0.25) is 0 Å². The minimum atomic E-state index is -0.762. The van der Waals surface area contributed by atoms with Crippen LogP contribution in [0, 0.1) is 0 Å². The van der Waals surface area contributed by atoms with Gasteiger partial charge in [0.25, 0.3) is 0 Å². The van der Waals surface area contributed by atoms with Crippen LogP contribution in [0.2, 0.25) is 0 Å². The van der Waals surface area contributed by atoms with Crippen LogP contribution < -0.4 is 0 Å². The fourth-order valence-corrected chi connectivity index (χ4v) is 8.10. The zero-order valence-electron chi connectivity index (χ0n) is 16.5. The summed E-state index contributed by atoms with van der Waals surface area (Å²) in [4.78, 5) is 0. The van der Waals surface area contributed by atoms with Crippen LogP contribution in [0.25, 0.3) is 0 Å². The third-order valence-electron chi connectivity index (χ3n) is 5.38. The number of hydrogen-bond acceptors (Lipinski definition) is 1. The topological polar surface area (TPSA) is 9.23 Å². The van der Waals surface area contributed by atoms with Gasteiger partial charge in [-0.15, -0.1) is 0 Å². The zero-order valence-corrected chi connectivity index (χ0v) is 19.4. The molecule has 0 bridgehead atoms. The molecule has 0 saturated heterocycles. The van der Waals surface area contributed by atoms with Gasteiger partial charge in [-0.25, -0.2) is 0 Å². The lowest BCUT2D eigenvalue weighted by Gasteiger charge is -2.22. The van der Waals surface area contributed by atoms with E-state index in [1.165, 1.54) is 22.3 Å². The van der Waals surface area contributed by atoms with Crippen molar-refractivity contribution in [2.75, 3.05) is 0 Å². The second-order valence-electron chi connectivity index (χ2n) is 7.29. The summed E-state index contributed by atoms with van der Waals surface area (Å²) in [5, 5.41) is 0. The molecule has 0 radical (unpaired) electrons. The maximum absolute atomic E-state index is 6.65. The molecule has 0 amide bonds. The highest BCUT2D eigenvalue weighted by molar-refractivity contribution is 6.46. The summed E-state index contributed by atoms with van der Waals surface area (Å²) in [5.74, 6) is 0. The highest BCUT2D eigenvalue weighted by atomic mass is 28.3. The smallest absolute Gasteiger partial charge is 0.157 e. The van der Waals surface area contributed by atoms with E-state index in [1.54, 1.807) is 0 Å². The minimum Gasteiger partial charge on any atom is -0.464 e. The van der Waals surface area contributed by atoms with Gasteiger partial charge in [0.1, 0.15) is 0 Å². The van der Waals surface area contributed by atoms with Gasteiger partial charge < -0.3 is 4.12 Å². The summed E-state index contributed by atoms with van der Waals surface area (Å²) in [6, 6.07) is 43.3. The molecule has 4 aromatic rings. The molecule has 29 heavy (non-hydrogen) atoms. The summed E-state index contributed by atoms with van der Waals surface area (Å²) in [6.45, 7) is 0. The first-order chi connectivity index (χ1) is 14.4. The van der Waals surface area contributed by atoms with Crippen molar-refractivity contribution in [2.45, 2.75) is 11.1 Å². The lowest BCUT2D eigenvalue weighted by molar-refractivity contribution is 0.614. The zero-order chi connectivity index (χ0) is 19.7. The Bertz CT molecular complexity index is 814. The average molecular weight is 411 g/mol. The molecule has 0 atom stereocenters. The molecule has 0 heterocycles. The second kappa shape index (κ2) is 10.2. The molecule has 0 aliphatic rings. The van der Waals surface area contributed by atoms with Gasteiger partial charge in [-0.05, 0) is 22.3 Å². The highest BCUT2D eigenvalue weighted by Gasteiger charge is 2.19. The second-order valence-corrected chi connectivity index (χ2v) is 11.2. The van der Waals surface area contributed by atoms with E-state index < -0.39 is 19.5 Å². The van der Waals surface area contributed by atoms with Crippen molar-refractivity contribution in [1.29, 1.82) is 0 Å². The summed E-state index contributed by atoms with van der Waals surface area (Å²) in [6.07, 6.45) is 0. The van der Waals surface area contributed by atoms with Gasteiger partial charge in [-0.1, -0.05) is 121 Å². The van der Waals surface area contributed by atoms with E-state index in [0.717, 1.165) is 0 Å². The number of hydrogen-bond donors (Lipinski definition) is 0. The van der Waals surface area contributed by atoms with Crippen LogP contribution in [0.5, 0.6) is 0 Å². The van der Waals surface area contributed by atoms with E-state index in [2.05, 4.69) is 121 Å². The van der Waals surface area contributed by atoms with Crippen LogP contribution in [0.15, 0.2) is 121 Å². The molecule has 0 N–H and O–H groups in total.